The van der Waals surface area contributed by atoms with E-state index in [2.05, 4.69) is 111 Å². The van der Waals surface area contributed by atoms with E-state index in [-0.39, 0.29) is 7.43 Å². The van der Waals surface area contributed by atoms with Gasteiger partial charge in [-0.15, -0.1) is 0 Å². The van der Waals surface area contributed by atoms with Crippen molar-refractivity contribution >= 4 is 0 Å². The van der Waals surface area contributed by atoms with Gasteiger partial charge in [-0.05, 0) is 71.0 Å². The van der Waals surface area contributed by atoms with Gasteiger partial charge in [0.25, 0.3) is 0 Å². The fraction of sp³-hybridized carbons (Fsp3) is 1.00. The van der Waals surface area contributed by atoms with E-state index < -0.39 is 0 Å². The first-order valence-electron chi connectivity index (χ1n) is 21.0. The average molecular weight is 651 g/mol. The Morgan fingerprint density at radius 3 is 0.826 bits per heavy atom. The summed E-state index contributed by atoms with van der Waals surface area (Å²) in [5, 5.41) is 0. The van der Waals surface area contributed by atoms with Gasteiger partial charge in [-0.1, -0.05) is 227 Å². The van der Waals surface area contributed by atoms with Crippen LogP contribution in [0.1, 0.15) is 266 Å². The monoisotopic (exact) mass is 651 g/mol. The molecule has 0 spiro atoms. The third-order valence-corrected chi connectivity index (χ3v) is 14.5. The highest BCUT2D eigenvalue weighted by atomic mass is 14.6. The highest BCUT2D eigenvalue weighted by Crippen LogP contribution is 2.61. The molecular formula is C46H98. The van der Waals surface area contributed by atoms with Crippen molar-refractivity contribution in [2.24, 2.45) is 32.5 Å². The van der Waals surface area contributed by atoms with Crippen LogP contribution in [0.5, 0.6) is 0 Å². The molecule has 0 aliphatic carbocycles. The van der Waals surface area contributed by atoms with Crippen LogP contribution in [0, 0.1) is 32.5 Å². The molecule has 0 bridgehead atoms. The second kappa shape index (κ2) is 25.0. The predicted molar refractivity (Wildman–Crippen MR) is 218 cm³/mol. The van der Waals surface area contributed by atoms with Crippen LogP contribution in [0.2, 0.25) is 0 Å². The lowest BCUT2D eigenvalue weighted by molar-refractivity contribution is -0.0712. The van der Waals surface area contributed by atoms with Crippen molar-refractivity contribution in [3.05, 3.63) is 0 Å². The summed E-state index contributed by atoms with van der Waals surface area (Å²) in [6.07, 6.45) is 31.6. The van der Waals surface area contributed by atoms with E-state index in [9.17, 15) is 0 Å². The van der Waals surface area contributed by atoms with Crippen LogP contribution in [0.3, 0.4) is 0 Å². The third-order valence-electron chi connectivity index (χ3n) is 14.5. The smallest absolute Gasteiger partial charge is 0.0221 e. The molecule has 0 heterocycles. The third kappa shape index (κ3) is 14.5. The van der Waals surface area contributed by atoms with Crippen LogP contribution in [0.4, 0.5) is 0 Å². The Kier molecular flexibility index (Phi) is 27.4. The van der Waals surface area contributed by atoms with Gasteiger partial charge in [-0.25, -0.2) is 0 Å². The number of rotatable bonds is 27. The lowest BCUT2D eigenvalue weighted by Gasteiger charge is -2.57. The molecule has 4 unspecified atom stereocenters. The molecule has 0 N–H and O–H groups in total. The molecule has 282 valence electrons. The summed E-state index contributed by atoms with van der Waals surface area (Å²) >= 11 is 0. The van der Waals surface area contributed by atoms with Crippen LogP contribution in [-0.4, -0.2) is 0 Å². The molecule has 0 aromatic carbocycles. The van der Waals surface area contributed by atoms with E-state index in [1.165, 1.54) is 148 Å². The molecule has 0 nitrogen and oxygen atoms in total. The van der Waals surface area contributed by atoms with Gasteiger partial charge in [0.05, 0.1) is 0 Å². The van der Waals surface area contributed by atoms with E-state index >= 15 is 0 Å². The Hall–Kier alpha value is 0. The van der Waals surface area contributed by atoms with Crippen LogP contribution < -0.4 is 0 Å². The van der Waals surface area contributed by atoms with Crippen LogP contribution in [0.15, 0.2) is 0 Å². The van der Waals surface area contributed by atoms with Gasteiger partial charge in [0, 0.05) is 0 Å². The minimum atomic E-state index is 0. The van der Waals surface area contributed by atoms with Gasteiger partial charge in [0.1, 0.15) is 0 Å². The maximum absolute atomic E-state index is 2.65. The molecular weight excluding hydrogens is 553 g/mol. The Morgan fingerprint density at radius 1 is 0.283 bits per heavy atom. The highest BCUT2D eigenvalue weighted by Gasteiger charge is 2.52. The first-order valence-corrected chi connectivity index (χ1v) is 21.0. The molecule has 46 heavy (non-hydrogen) atoms. The number of hydrogen-bond donors (Lipinski definition) is 0. The van der Waals surface area contributed by atoms with Gasteiger partial charge in [-0.2, -0.15) is 0 Å². The predicted octanol–water partition coefficient (Wildman–Crippen LogP) is 17.8. The molecule has 0 fully saturated rings. The molecule has 0 amide bonds. The summed E-state index contributed by atoms with van der Waals surface area (Å²) in [5.74, 6) is 0. The maximum Gasteiger partial charge on any atom is -0.0221 e. The maximum atomic E-state index is 2.65. The Balaban J connectivity index is -0.000000788. The van der Waals surface area contributed by atoms with Gasteiger partial charge >= 0.3 is 0 Å². The minimum Gasteiger partial charge on any atom is -0.0776 e. The summed E-state index contributed by atoms with van der Waals surface area (Å²) in [7, 11) is 0. The van der Waals surface area contributed by atoms with Crippen LogP contribution in [-0.2, 0) is 0 Å². The highest BCUT2D eigenvalue weighted by molar-refractivity contribution is 5.01. The summed E-state index contributed by atoms with van der Waals surface area (Å²) in [6, 6.07) is 0. The largest absolute Gasteiger partial charge is 0.0776 e. The van der Waals surface area contributed by atoms with Crippen LogP contribution in [0.25, 0.3) is 0 Å². The van der Waals surface area contributed by atoms with E-state index in [0.29, 0.717) is 32.5 Å². The fourth-order valence-corrected chi connectivity index (χ4v) is 9.16. The fourth-order valence-electron chi connectivity index (χ4n) is 9.16. The van der Waals surface area contributed by atoms with Crippen molar-refractivity contribution in [3.63, 3.8) is 0 Å². The summed E-state index contributed by atoms with van der Waals surface area (Å²) in [4.78, 5) is 0. The van der Waals surface area contributed by atoms with Crippen LogP contribution >= 0.6 is 0 Å². The summed E-state index contributed by atoms with van der Waals surface area (Å²) < 4.78 is 0. The quantitative estimate of drug-likeness (QED) is 0.0776. The van der Waals surface area contributed by atoms with Gasteiger partial charge < -0.3 is 0 Å². The summed E-state index contributed by atoms with van der Waals surface area (Å²) in [6.45, 7) is 39.6. The normalized spacial score (nSPS) is 17.5. The van der Waals surface area contributed by atoms with Crippen molar-refractivity contribution in [1.29, 1.82) is 0 Å². The average Bonchev–Trinajstić information content (AvgIpc) is 3.02. The van der Waals surface area contributed by atoms with E-state index in [0.717, 1.165) is 0 Å². The van der Waals surface area contributed by atoms with Crippen molar-refractivity contribution in [3.8, 4) is 0 Å². The van der Waals surface area contributed by atoms with E-state index in [1.807, 2.05) is 0 Å². The second-order valence-corrected chi connectivity index (χ2v) is 17.9. The van der Waals surface area contributed by atoms with Gasteiger partial charge in [0.15, 0.2) is 0 Å². The van der Waals surface area contributed by atoms with Gasteiger partial charge in [-0.3, -0.25) is 0 Å². The Morgan fingerprint density at radius 2 is 0.543 bits per heavy atom. The standard InChI is InChI=1S/C23H48.C22H46.CH4/c1-9-13-16-17-20-23(8,21(5,6)18-14-10-2)22(7,12-4)19-15-11-3;1-9-13-16-19-22(8,20(5,6)17-14-10-2)21(7,12-4)18-15-11-3;/h9-20H2,1-8H3;9-19H2,1-8H3;1H4. The SMILES string of the molecule is C.CCCCCC(C)(C(C)(C)CCCC)C(C)(CC)CCCC.CCCCCCC(C)(C(C)(C)CCCC)C(C)(CC)CCCC. The zero-order valence-electron chi connectivity index (χ0n) is 35.3. The Labute approximate surface area is 297 Å². The molecule has 0 aromatic rings. The van der Waals surface area contributed by atoms with Crippen molar-refractivity contribution < 1.29 is 0 Å². The van der Waals surface area contributed by atoms with Gasteiger partial charge in [0.2, 0.25) is 0 Å². The van der Waals surface area contributed by atoms with E-state index in [4.69, 9.17) is 0 Å². The molecule has 0 saturated carbocycles. The summed E-state index contributed by atoms with van der Waals surface area (Å²) in [5.41, 5.74) is 2.74. The Bertz CT molecular complexity index is 686. The van der Waals surface area contributed by atoms with E-state index in [1.54, 1.807) is 0 Å². The molecule has 0 aromatic heterocycles. The zero-order chi connectivity index (χ0) is 35.3. The number of hydrogen-bond acceptors (Lipinski definition) is 0. The second-order valence-electron chi connectivity index (χ2n) is 17.9. The van der Waals surface area contributed by atoms with Crippen molar-refractivity contribution in [2.45, 2.75) is 266 Å². The molecule has 0 rings (SSSR count). The molecule has 0 aliphatic heterocycles. The van der Waals surface area contributed by atoms with Crippen molar-refractivity contribution in [2.75, 3.05) is 0 Å². The molecule has 0 saturated heterocycles. The molecule has 0 radical (unpaired) electrons. The zero-order valence-corrected chi connectivity index (χ0v) is 35.3. The first-order chi connectivity index (χ1) is 21.0. The first kappa shape index (κ1) is 50.4. The number of unbranched alkanes of at least 4 members (excludes halogenated alkanes) is 9. The topological polar surface area (TPSA) is 0 Å². The lowest BCUT2D eigenvalue weighted by Crippen LogP contribution is -2.48. The molecule has 4 atom stereocenters. The van der Waals surface area contributed by atoms with Crippen molar-refractivity contribution in [1.82, 2.24) is 0 Å². The molecule has 0 aliphatic rings. The minimum absolute atomic E-state index is 0. The molecule has 0 heteroatoms. The lowest BCUT2D eigenvalue weighted by atomic mass is 9.48.